The lowest BCUT2D eigenvalue weighted by atomic mass is 10.2. The molecule has 22 heavy (non-hydrogen) atoms. The third-order valence-electron chi connectivity index (χ3n) is 3.29. The van der Waals surface area contributed by atoms with E-state index in [9.17, 15) is 0 Å². The highest BCUT2D eigenvalue weighted by Crippen LogP contribution is 2.19. The molecule has 0 spiro atoms. The Morgan fingerprint density at radius 2 is 2.32 bits per heavy atom. The van der Waals surface area contributed by atoms with E-state index in [4.69, 9.17) is 4.99 Å². The average Bonchev–Trinajstić information content (AvgIpc) is 2.95. The molecule has 0 atom stereocenters. The van der Waals surface area contributed by atoms with Crippen LogP contribution in [0.4, 0.5) is 0 Å². The van der Waals surface area contributed by atoms with Crippen LogP contribution >= 0.6 is 11.3 Å². The summed E-state index contributed by atoms with van der Waals surface area (Å²) >= 11 is 1.75. The second-order valence-electron chi connectivity index (χ2n) is 5.67. The van der Waals surface area contributed by atoms with Crippen LogP contribution in [0.15, 0.2) is 23.0 Å². The van der Waals surface area contributed by atoms with E-state index in [1.165, 1.54) is 5.01 Å². The van der Waals surface area contributed by atoms with E-state index in [-0.39, 0.29) is 0 Å². The number of allylic oxidation sites excluding steroid dienone is 1. The lowest BCUT2D eigenvalue weighted by molar-refractivity contribution is 0.470. The highest BCUT2D eigenvalue weighted by Gasteiger charge is 2.07. The molecule has 0 radical (unpaired) electrons. The number of aliphatic imine (C=N–C) groups is 1. The monoisotopic (exact) mass is 322 g/mol. The Balaban J connectivity index is 2.51. The first-order chi connectivity index (χ1) is 10.6. The summed E-state index contributed by atoms with van der Waals surface area (Å²) in [5.41, 5.74) is 1.16. The number of thiazole rings is 1. The Labute approximate surface area is 139 Å². The van der Waals surface area contributed by atoms with Gasteiger partial charge < -0.3 is 10.2 Å². The summed E-state index contributed by atoms with van der Waals surface area (Å²) < 4.78 is 0. The number of rotatable bonds is 9. The van der Waals surface area contributed by atoms with Crippen molar-refractivity contribution < 1.29 is 0 Å². The van der Waals surface area contributed by atoms with Crippen LogP contribution in [0.5, 0.6) is 0 Å². The molecule has 0 fully saturated rings. The second kappa shape index (κ2) is 10.4. The fourth-order valence-electron chi connectivity index (χ4n) is 2.03. The van der Waals surface area contributed by atoms with Gasteiger partial charge in [-0.25, -0.2) is 4.98 Å². The van der Waals surface area contributed by atoms with Crippen LogP contribution in [-0.2, 0) is 6.42 Å². The largest absolute Gasteiger partial charge is 0.357 e. The second-order valence-corrected chi connectivity index (χ2v) is 6.56. The summed E-state index contributed by atoms with van der Waals surface area (Å²) in [4.78, 5) is 11.6. The van der Waals surface area contributed by atoms with Gasteiger partial charge in [0.1, 0.15) is 0 Å². The van der Waals surface area contributed by atoms with E-state index in [1.807, 2.05) is 6.08 Å². The SMILES string of the molecule is C=CCCCN(C)C(=NCCc1csc(C(C)C)n1)NCC. The molecule has 4 nitrogen and oxygen atoms in total. The molecular weight excluding hydrogens is 292 g/mol. The average molecular weight is 323 g/mol. The van der Waals surface area contributed by atoms with Crippen LogP contribution in [0.25, 0.3) is 0 Å². The molecule has 1 heterocycles. The molecule has 0 aromatic carbocycles. The summed E-state index contributed by atoms with van der Waals surface area (Å²) in [6, 6.07) is 0. The highest BCUT2D eigenvalue weighted by atomic mass is 32.1. The number of aromatic nitrogens is 1. The fraction of sp³-hybridized carbons (Fsp3) is 0.647. The third kappa shape index (κ3) is 6.60. The van der Waals surface area contributed by atoms with Crippen molar-refractivity contribution in [2.45, 2.75) is 46.0 Å². The lowest BCUT2D eigenvalue weighted by Crippen LogP contribution is -2.39. The maximum atomic E-state index is 4.71. The van der Waals surface area contributed by atoms with E-state index in [0.717, 1.165) is 50.6 Å². The van der Waals surface area contributed by atoms with E-state index >= 15 is 0 Å². The molecule has 0 aliphatic rings. The Hall–Kier alpha value is -1.36. The fourth-order valence-corrected chi connectivity index (χ4v) is 2.90. The van der Waals surface area contributed by atoms with Gasteiger partial charge >= 0.3 is 0 Å². The van der Waals surface area contributed by atoms with Crippen LogP contribution in [-0.4, -0.2) is 42.5 Å². The van der Waals surface area contributed by atoms with Crippen molar-refractivity contribution in [2.75, 3.05) is 26.7 Å². The summed E-state index contributed by atoms with van der Waals surface area (Å²) in [6.07, 6.45) is 5.01. The molecular formula is C17H30N4S. The summed E-state index contributed by atoms with van der Waals surface area (Å²) in [5, 5.41) is 6.72. The van der Waals surface area contributed by atoms with Crippen molar-refractivity contribution in [3.05, 3.63) is 28.7 Å². The molecule has 0 saturated carbocycles. The zero-order valence-electron chi connectivity index (χ0n) is 14.4. The third-order valence-corrected chi connectivity index (χ3v) is 4.49. The number of guanidine groups is 1. The lowest BCUT2D eigenvalue weighted by Gasteiger charge is -2.21. The van der Waals surface area contributed by atoms with Gasteiger partial charge in [0.15, 0.2) is 5.96 Å². The zero-order valence-corrected chi connectivity index (χ0v) is 15.2. The number of nitrogens with one attached hydrogen (secondary N) is 1. The van der Waals surface area contributed by atoms with Gasteiger partial charge in [0.25, 0.3) is 0 Å². The summed E-state index contributed by atoms with van der Waals surface area (Å²) in [5.74, 6) is 1.49. The minimum Gasteiger partial charge on any atom is -0.357 e. The van der Waals surface area contributed by atoms with Gasteiger partial charge in [-0.2, -0.15) is 0 Å². The first-order valence-electron chi connectivity index (χ1n) is 8.13. The van der Waals surface area contributed by atoms with Crippen LogP contribution in [0, 0.1) is 0 Å². The molecule has 1 aromatic heterocycles. The highest BCUT2D eigenvalue weighted by molar-refractivity contribution is 7.09. The zero-order chi connectivity index (χ0) is 16.4. The van der Waals surface area contributed by atoms with E-state index in [1.54, 1.807) is 11.3 Å². The topological polar surface area (TPSA) is 40.5 Å². The smallest absolute Gasteiger partial charge is 0.193 e. The van der Waals surface area contributed by atoms with Gasteiger partial charge in [0.2, 0.25) is 0 Å². The Kier molecular flexibility index (Phi) is 8.82. The first kappa shape index (κ1) is 18.7. The summed E-state index contributed by atoms with van der Waals surface area (Å²) in [6.45, 7) is 12.9. The van der Waals surface area contributed by atoms with Crippen LogP contribution in [0.2, 0.25) is 0 Å². The molecule has 0 saturated heterocycles. The quantitative estimate of drug-likeness (QED) is 0.326. The first-order valence-corrected chi connectivity index (χ1v) is 9.01. The van der Waals surface area contributed by atoms with Gasteiger partial charge in [-0.15, -0.1) is 17.9 Å². The number of nitrogens with zero attached hydrogens (tertiary/aromatic N) is 3. The van der Waals surface area contributed by atoms with Gasteiger partial charge in [-0.3, -0.25) is 4.99 Å². The molecule has 1 rings (SSSR count). The molecule has 0 bridgehead atoms. The van der Waals surface area contributed by atoms with E-state index in [2.05, 4.69) is 55.0 Å². The number of hydrogen-bond acceptors (Lipinski definition) is 3. The minimum absolute atomic E-state index is 0.510. The normalized spacial score (nSPS) is 11.8. The molecule has 1 N–H and O–H groups in total. The van der Waals surface area contributed by atoms with Crippen LogP contribution in [0.1, 0.15) is 50.2 Å². The summed E-state index contributed by atoms with van der Waals surface area (Å²) in [7, 11) is 2.09. The molecule has 124 valence electrons. The van der Waals surface area contributed by atoms with Crippen LogP contribution < -0.4 is 5.32 Å². The maximum Gasteiger partial charge on any atom is 0.193 e. The van der Waals surface area contributed by atoms with E-state index < -0.39 is 0 Å². The predicted molar refractivity (Wildman–Crippen MR) is 97.9 cm³/mol. The Bertz CT molecular complexity index is 465. The number of unbranched alkanes of at least 4 members (excludes halogenated alkanes) is 1. The molecule has 1 aromatic rings. The molecule has 0 aliphatic heterocycles. The minimum atomic E-state index is 0.510. The van der Waals surface area contributed by atoms with Crippen molar-refractivity contribution in [2.24, 2.45) is 4.99 Å². The Morgan fingerprint density at radius 3 is 2.91 bits per heavy atom. The molecule has 0 unspecified atom stereocenters. The Morgan fingerprint density at radius 1 is 1.55 bits per heavy atom. The van der Waals surface area contributed by atoms with Crippen molar-refractivity contribution in [3.63, 3.8) is 0 Å². The predicted octanol–water partition coefficient (Wildman–Crippen LogP) is 3.67. The van der Waals surface area contributed by atoms with E-state index in [0.29, 0.717) is 5.92 Å². The van der Waals surface area contributed by atoms with Gasteiger partial charge in [-0.1, -0.05) is 19.9 Å². The van der Waals surface area contributed by atoms with Gasteiger partial charge in [-0.05, 0) is 19.8 Å². The molecule has 0 aliphatic carbocycles. The molecule has 5 heteroatoms. The standard InChI is InChI=1S/C17H30N4S/c1-6-8-9-12-21(5)17(18-7-2)19-11-10-15-13-22-16(20-15)14(3)4/h6,13-14H,1,7-12H2,2-5H3,(H,18,19). The molecule has 0 amide bonds. The van der Waals surface area contributed by atoms with Crippen molar-refractivity contribution in [1.82, 2.24) is 15.2 Å². The van der Waals surface area contributed by atoms with Gasteiger partial charge in [0, 0.05) is 44.4 Å². The van der Waals surface area contributed by atoms with Crippen LogP contribution in [0.3, 0.4) is 0 Å². The van der Waals surface area contributed by atoms with Gasteiger partial charge in [0.05, 0.1) is 10.7 Å². The van der Waals surface area contributed by atoms with Crippen molar-refractivity contribution >= 4 is 17.3 Å². The van der Waals surface area contributed by atoms with Crippen molar-refractivity contribution in [1.29, 1.82) is 0 Å². The maximum absolute atomic E-state index is 4.71. The number of hydrogen-bond donors (Lipinski definition) is 1. The van der Waals surface area contributed by atoms with Crippen molar-refractivity contribution in [3.8, 4) is 0 Å².